The second-order valence-corrected chi connectivity index (χ2v) is 5.50. The normalized spacial score (nSPS) is 10.3. The van der Waals surface area contributed by atoms with Crippen molar-refractivity contribution >= 4 is 23.4 Å². The topological polar surface area (TPSA) is 29.1 Å². The summed E-state index contributed by atoms with van der Waals surface area (Å²) in [5.41, 5.74) is 4.00. The van der Waals surface area contributed by atoms with Crippen molar-refractivity contribution in [3.63, 3.8) is 0 Å². The zero-order chi connectivity index (χ0) is 14.4. The summed E-state index contributed by atoms with van der Waals surface area (Å²) in [5.74, 6) is 0.912. The molecule has 0 aliphatic heterocycles. The number of carbonyl (C=O) groups excluding carboxylic acids is 1. The van der Waals surface area contributed by atoms with E-state index in [4.69, 9.17) is 0 Å². The second-order valence-electron chi connectivity index (χ2n) is 4.64. The van der Waals surface area contributed by atoms with Gasteiger partial charge in [0.15, 0.2) is 0 Å². The highest BCUT2D eigenvalue weighted by atomic mass is 32.2. The zero-order valence-corrected chi connectivity index (χ0v) is 12.7. The monoisotopic (exact) mass is 285 g/mol. The maximum absolute atomic E-state index is 12.2. The van der Waals surface area contributed by atoms with Gasteiger partial charge in [-0.2, -0.15) is 11.8 Å². The number of rotatable bonds is 5. The Morgan fingerprint density at radius 3 is 2.50 bits per heavy atom. The molecule has 0 aromatic heterocycles. The molecule has 0 spiro atoms. The molecule has 0 saturated heterocycles. The van der Waals surface area contributed by atoms with Gasteiger partial charge in [0, 0.05) is 17.0 Å². The number of nitrogens with one attached hydrogen (secondary N) is 1. The van der Waals surface area contributed by atoms with Crippen LogP contribution < -0.4 is 5.32 Å². The standard InChI is InChI=1S/C17H19NOS/c1-3-13-5-4-6-16(11-13)18-17(19)15-9-7-14(8-10-15)12-20-2/h4-11H,3,12H2,1-2H3,(H,18,19). The minimum absolute atomic E-state index is 0.0612. The molecule has 20 heavy (non-hydrogen) atoms. The van der Waals surface area contributed by atoms with Gasteiger partial charge in [0.2, 0.25) is 0 Å². The minimum Gasteiger partial charge on any atom is -0.322 e. The number of benzene rings is 2. The molecule has 2 aromatic carbocycles. The van der Waals surface area contributed by atoms with Crippen LogP contribution in [-0.2, 0) is 12.2 Å². The second kappa shape index (κ2) is 7.15. The number of hydrogen-bond donors (Lipinski definition) is 1. The van der Waals surface area contributed by atoms with Crippen molar-refractivity contribution in [1.29, 1.82) is 0 Å². The smallest absolute Gasteiger partial charge is 0.255 e. The van der Waals surface area contributed by atoms with Crippen molar-refractivity contribution in [2.45, 2.75) is 19.1 Å². The van der Waals surface area contributed by atoms with E-state index in [0.717, 1.165) is 17.9 Å². The lowest BCUT2D eigenvalue weighted by atomic mass is 10.1. The molecule has 3 heteroatoms. The summed E-state index contributed by atoms with van der Waals surface area (Å²) in [7, 11) is 0. The Bertz CT molecular complexity index is 578. The van der Waals surface area contributed by atoms with Gasteiger partial charge in [-0.05, 0) is 48.1 Å². The van der Waals surface area contributed by atoms with E-state index in [1.54, 1.807) is 11.8 Å². The largest absolute Gasteiger partial charge is 0.322 e. The van der Waals surface area contributed by atoms with Gasteiger partial charge in [0.25, 0.3) is 5.91 Å². The Kier molecular flexibility index (Phi) is 5.24. The van der Waals surface area contributed by atoms with Gasteiger partial charge >= 0.3 is 0 Å². The van der Waals surface area contributed by atoms with Crippen LogP contribution in [0.4, 0.5) is 5.69 Å². The van der Waals surface area contributed by atoms with Crippen LogP contribution in [0.2, 0.25) is 0 Å². The van der Waals surface area contributed by atoms with Crippen LogP contribution in [0, 0.1) is 0 Å². The number of amides is 1. The Hall–Kier alpha value is -1.74. The molecule has 0 radical (unpaired) electrons. The van der Waals surface area contributed by atoms with Gasteiger partial charge < -0.3 is 5.32 Å². The quantitative estimate of drug-likeness (QED) is 0.884. The highest BCUT2D eigenvalue weighted by Crippen LogP contribution is 2.14. The molecule has 2 aromatic rings. The van der Waals surface area contributed by atoms with Gasteiger partial charge in [-0.15, -0.1) is 0 Å². The van der Waals surface area contributed by atoms with E-state index in [2.05, 4.69) is 24.6 Å². The van der Waals surface area contributed by atoms with E-state index in [1.165, 1.54) is 11.1 Å². The van der Waals surface area contributed by atoms with Gasteiger partial charge in [-0.3, -0.25) is 4.79 Å². The molecule has 0 saturated carbocycles. The summed E-state index contributed by atoms with van der Waals surface area (Å²) >= 11 is 1.78. The van der Waals surface area contributed by atoms with Crippen LogP contribution in [0.15, 0.2) is 48.5 Å². The molecule has 0 aliphatic carbocycles. The first-order valence-corrected chi connectivity index (χ1v) is 8.10. The molecule has 0 fully saturated rings. The summed E-state index contributed by atoms with van der Waals surface area (Å²) in [4.78, 5) is 12.2. The molecule has 0 unspecified atom stereocenters. The molecule has 0 atom stereocenters. The minimum atomic E-state index is -0.0612. The van der Waals surface area contributed by atoms with E-state index in [0.29, 0.717) is 5.56 Å². The summed E-state index contributed by atoms with van der Waals surface area (Å²) in [6.45, 7) is 2.10. The van der Waals surface area contributed by atoms with E-state index in [9.17, 15) is 4.79 Å². The van der Waals surface area contributed by atoms with Crippen molar-refractivity contribution in [2.24, 2.45) is 0 Å². The first-order valence-electron chi connectivity index (χ1n) is 6.71. The predicted octanol–water partition coefficient (Wildman–Crippen LogP) is 4.36. The van der Waals surface area contributed by atoms with Crippen LogP contribution in [0.1, 0.15) is 28.4 Å². The fourth-order valence-corrected chi connectivity index (χ4v) is 2.52. The molecule has 0 heterocycles. The lowest BCUT2D eigenvalue weighted by Crippen LogP contribution is -2.11. The fraction of sp³-hybridized carbons (Fsp3) is 0.235. The first-order chi connectivity index (χ1) is 9.72. The summed E-state index contributed by atoms with van der Waals surface area (Å²) in [6, 6.07) is 15.7. The average molecular weight is 285 g/mol. The van der Waals surface area contributed by atoms with Crippen LogP contribution in [0.3, 0.4) is 0 Å². The Morgan fingerprint density at radius 2 is 1.85 bits per heavy atom. The SMILES string of the molecule is CCc1cccc(NC(=O)c2ccc(CSC)cc2)c1. The Balaban J connectivity index is 2.07. The number of thioether (sulfide) groups is 1. The van der Waals surface area contributed by atoms with Crippen LogP contribution in [0.25, 0.3) is 0 Å². The van der Waals surface area contributed by atoms with Gasteiger partial charge in [-0.25, -0.2) is 0 Å². The van der Waals surface area contributed by atoms with E-state index in [-0.39, 0.29) is 5.91 Å². The molecule has 104 valence electrons. The van der Waals surface area contributed by atoms with Crippen molar-refractivity contribution in [2.75, 3.05) is 11.6 Å². The lowest BCUT2D eigenvalue weighted by molar-refractivity contribution is 0.102. The number of anilines is 1. The number of carbonyl (C=O) groups is 1. The fourth-order valence-electron chi connectivity index (χ4n) is 1.99. The third-order valence-corrected chi connectivity index (χ3v) is 3.74. The molecule has 0 bridgehead atoms. The third-order valence-electron chi connectivity index (χ3n) is 3.12. The highest BCUT2D eigenvalue weighted by Gasteiger charge is 2.06. The summed E-state index contributed by atoms with van der Waals surface area (Å²) in [6.07, 6.45) is 3.04. The maximum atomic E-state index is 12.2. The van der Waals surface area contributed by atoms with E-state index >= 15 is 0 Å². The van der Waals surface area contributed by atoms with Gasteiger partial charge in [-0.1, -0.05) is 31.2 Å². The number of hydrogen-bond acceptors (Lipinski definition) is 2. The van der Waals surface area contributed by atoms with Crippen molar-refractivity contribution < 1.29 is 4.79 Å². The summed E-state index contributed by atoms with van der Waals surface area (Å²) in [5, 5.41) is 2.94. The lowest BCUT2D eigenvalue weighted by Gasteiger charge is -2.07. The van der Waals surface area contributed by atoms with Gasteiger partial charge in [0.1, 0.15) is 0 Å². The third kappa shape index (κ3) is 3.87. The molecule has 1 N–H and O–H groups in total. The molecule has 1 amide bonds. The van der Waals surface area contributed by atoms with Crippen LogP contribution in [-0.4, -0.2) is 12.2 Å². The van der Waals surface area contributed by atoms with Gasteiger partial charge in [0.05, 0.1) is 0 Å². The van der Waals surface area contributed by atoms with Crippen molar-refractivity contribution in [3.8, 4) is 0 Å². The van der Waals surface area contributed by atoms with Crippen molar-refractivity contribution in [1.82, 2.24) is 0 Å². The van der Waals surface area contributed by atoms with E-state index in [1.807, 2.05) is 42.5 Å². The molecular formula is C17H19NOS. The van der Waals surface area contributed by atoms with Crippen LogP contribution >= 0.6 is 11.8 Å². The van der Waals surface area contributed by atoms with Crippen LogP contribution in [0.5, 0.6) is 0 Å². The zero-order valence-electron chi connectivity index (χ0n) is 11.8. The maximum Gasteiger partial charge on any atom is 0.255 e. The Labute approximate surface area is 124 Å². The number of aryl methyl sites for hydroxylation is 1. The summed E-state index contributed by atoms with van der Waals surface area (Å²) < 4.78 is 0. The Morgan fingerprint density at radius 1 is 1.10 bits per heavy atom. The predicted molar refractivity (Wildman–Crippen MR) is 87.4 cm³/mol. The molecule has 0 aliphatic rings. The molecule has 2 nitrogen and oxygen atoms in total. The highest BCUT2D eigenvalue weighted by molar-refractivity contribution is 7.97. The van der Waals surface area contributed by atoms with E-state index < -0.39 is 0 Å². The molecular weight excluding hydrogens is 266 g/mol. The average Bonchev–Trinajstić information content (AvgIpc) is 2.48. The molecule has 2 rings (SSSR count). The van der Waals surface area contributed by atoms with Crippen molar-refractivity contribution in [3.05, 3.63) is 65.2 Å². The first kappa shape index (κ1) is 14.7.